The molecule has 6 heteroatoms. The van der Waals surface area contributed by atoms with Gasteiger partial charge in [-0.2, -0.15) is 0 Å². The van der Waals surface area contributed by atoms with E-state index in [-0.39, 0.29) is 5.91 Å². The Labute approximate surface area is 102 Å². The van der Waals surface area contributed by atoms with Crippen LogP contribution in [0.3, 0.4) is 0 Å². The standard InChI is InChI=1S/C10H7Cl2N3O/c1-5(16)14-9-3-6-2-8(11)15-10(12)7(6)4-13-9/h2-4H,1H3,(H,13,14,16). The first-order valence-electron chi connectivity index (χ1n) is 4.45. The third kappa shape index (κ3) is 2.23. The quantitative estimate of drug-likeness (QED) is 0.798. The fourth-order valence-corrected chi connectivity index (χ4v) is 1.82. The van der Waals surface area contributed by atoms with Gasteiger partial charge in [0.1, 0.15) is 16.1 Å². The first kappa shape index (κ1) is 11.1. The molecule has 0 unspecified atom stereocenters. The summed E-state index contributed by atoms with van der Waals surface area (Å²) in [6, 6.07) is 3.35. The number of rotatable bonds is 1. The molecule has 0 fully saturated rings. The first-order valence-corrected chi connectivity index (χ1v) is 5.21. The Morgan fingerprint density at radius 2 is 2.12 bits per heavy atom. The van der Waals surface area contributed by atoms with E-state index >= 15 is 0 Å². The molecule has 1 N–H and O–H groups in total. The van der Waals surface area contributed by atoms with E-state index < -0.39 is 0 Å². The smallest absolute Gasteiger partial charge is 0.222 e. The number of fused-ring (bicyclic) bond motifs is 1. The van der Waals surface area contributed by atoms with Gasteiger partial charge in [-0.05, 0) is 17.5 Å². The van der Waals surface area contributed by atoms with Crippen molar-refractivity contribution in [2.75, 3.05) is 5.32 Å². The van der Waals surface area contributed by atoms with Gasteiger partial charge in [0.05, 0.1) is 0 Å². The number of carbonyl (C=O) groups excluding carboxylic acids is 1. The molecular weight excluding hydrogens is 249 g/mol. The molecule has 2 aromatic heterocycles. The molecule has 0 spiro atoms. The number of pyridine rings is 2. The highest BCUT2D eigenvalue weighted by Gasteiger charge is 2.05. The van der Waals surface area contributed by atoms with E-state index in [4.69, 9.17) is 23.2 Å². The van der Waals surface area contributed by atoms with E-state index in [1.807, 2.05) is 0 Å². The van der Waals surface area contributed by atoms with Crippen LogP contribution in [-0.2, 0) is 4.79 Å². The molecule has 1 amide bonds. The second-order valence-electron chi connectivity index (χ2n) is 3.21. The van der Waals surface area contributed by atoms with E-state index in [1.54, 1.807) is 18.3 Å². The van der Waals surface area contributed by atoms with Crippen molar-refractivity contribution < 1.29 is 4.79 Å². The predicted molar refractivity (Wildman–Crippen MR) is 63.9 cm³/mol. The second-order valence-corrected chi connectivity index (χ2v) is 3.95. The van der Waals surface area contributed by atoms with Gasteiger partial charge < -0.3 is 5.32 Å². The van der Waals surface area contributed by atoms with Crippen LogP contribution in [0, 0.1) is 0 Å². The van der Waals surface area contributed by atoms with Crippen LogP contribution in [0.15, 0.2) is 18.3 Å². The van der Waals surface area contributed by atoms with Crippen molar-refractivity contribution in [3.8, 4) is 0 Å². The van der Waals surface area contributed by atoms with Gasteiger partial charge in [-0.15, -0.1) is 0 Å². The summed E-state index contributed by atoms with van der Waals surface area (Å²) in [7, 11) is 0. The van der Waals surface area contributed by atoms with E-state index in [1.165, 1.54) is 6.92 Å². The highest BCUT2D eigenvalue weighted by Crippen LogP contribution is 2.25. The van der Waals surface area contributed by atoms with Gasteiger partial charge in [-0.1, -0.05) is 23.2 Å². The first-order chi connectivity index (χ1) is 7.56. The van der Waals surface area contributed by atoms with Crippen molar-refractivity contribution in [1.29, 1.82) is 0 Å². The Balaban J connectivity index is 2.57. The number of anilines is 1. The van der Waals surface area contributed by atoms with Crippen LogP contribution in [0.25, 0.3) is 10.8 Å². The monoisotopic (exact) mass is 255 g/mol. The Bertz CT molecular complexity index is 571. The topological polar surface area (TPSA) is 54.9 Å². The molecule has 0 atom stereocenters. The number of amides is 1. The SMILES string of the molecule is CC(=O)Nc1cc2cc(Cl)nc(Cl)c2cn1. The lowest BCUT2D eigenvalue weighted by Gasteiger charge is -2.04. The van der Waals surface area contributed by atoms with E-state index in [2.05, 4.69) is 15.3 Å². The van der Waals surface area contributed by atoms with E-state index in [9.17, 15) is 4.79 Å². The third-order valence-corrected chi connectivity index (χ3v) is 2.42. The minimum atomic E-state index is -0.182. The molecule has 16 heavy (non-hydrogen) atoms. The Hall–Kier alpha value is -1.39. The van der Waals surface area contributed by atoms with Gasteiger partial charge in [-0.25, -0.2) is 9.97 Å². The molecule has 82 valence electrons. The largest absolute Gasteiger partial charge is 0.311 e. The normalized spacial score (nSPS) is 10.4. The molecule has 0 bridgehead atoms. The van der Waals surface area contributed by atoms with E-state index in [0.717, 1.165) is 5.39 Å². The van der Waals surface area contributed by atoms with Crippen molar-refractivity contribution in [3.63, 3.8) is 0 Å². The third-order valence-electron chi connectivity index (χ3n) is 1.94. The zero-order valence-corrected chi connectivity index (χ0v) is 9.80. The molecule has 0 aliphatic carbocycles. The van der Waals surface area contributed by atoms with Gasteiger partial charge in [-0.3, -0.25) is 4.79 Å². The summed E-state index contributed by atoms with van der Waals surface area (Å²) >= 11 is 11.7. The summed E-state index contributed by atoms with van der Waals surface area (Å²) in [6.07, 6.45) is 1.55. The molecule has 0 saturated carbocycles. The molecule has 2 rings (SSSR count). The van der Waals surface area contributed by atoms with Crippen molar-refractivity contribution >= 4 is 45.7 Å². The number of halogens is 2. The van der Waals surface area contributed by atoms with Crippen LogP contribution in [0.4, 0.5) is 5.82 Å². The maximum atomic E-state index is 10.9. The highest BCUT2D eigenvalue weighted by atomic mass is 35.5. The average Bonchev–Trinajstić information content (AvgIpc) is 2.15. The highest BCUT2D eigenvalue weighted by molar-refractivity contribution is 6.36. The van der Waals surface area contributed by atoms with Gasteiger partial charge in [0.15, 0.2) is 0 Å². The minimum Gasteiger partial charge on any atom is -0.311 e. The number of aromatic nitrogens is 2. The Kier molecular flexibility index (Phi) is 2.94. The van der Waals surface area contributed by atoms with Gasteiger partial charge in [0.2, 0.25) is 5.91 Å². The van der Waals surface area contributed by atoms with Crippen molar-refractivity contribution in [2.45, 2.75) is 6.92 Å². The maximum absolute atomic E-state index is 10.9. The van der Waals surface area contributed by atoms with Crippen molar-refractivity contribution in [3.05, 3.63) is 28.6 Å². The molecule has 0 aromatic carbocycles. The number of hydrogen-bond acceptors (Lipinski definition) is 3. The van der Waals surface area contributed by atoms with E-state index in [0.29, 0.717) is 21.5 Å². The van der Waals surface area contributed by atoms with Crippen LogP contribution in [0.1, 0.15) is 6.92 Å². The van der Waals surface area contributed by atoms with Gasteiger partial charge in [0.25, 0.3) is 0 Å². The van der Waals surface area contributed by atoms with Gasteiger partial charge in [0, 0.05) is 18.5 Å². The van der Waals surface area contributed by atoms with Crippen molar-refractivity contribution in [2.24, 2.45) is 0 Å². The number of carbonyl (C=O) groups is 1. The molecule has 0 saturated heterocycles. The molecular formula is C10H7Cl2N3O. The molecule has 4 nitrogen and oxygen atoms in total. The van der Waals surface area contributed by atoms with Crippen LogP contribution >= 0.6 is 23.2 Å². The second kappa shape index (κ2) is 4.23. The average molecular weight is 256 g/mol. The summed E-state index contributed by atoms with van der Waals surface area (Å²) < 4.78 is 0. The number of nitrogens with zero attached hydrogens (tertiary/aromatic N) is 2. The Morgan fingerprint density at radius 1 is 1.38 bits per heavy atom. The molecule has 0 radical (unpaired) electrons. The molecule has 0 aliphatic rings. The fraction of sp³-hybridized carbons (Fsp3) is 0.100. The zero-order chi connectivity index (χ0) is 11.7. The van der Waals surface area contributed by atoms with Crippen LogP contribution in [0.5, 0.6) is 0 Å². The molecule has 0 aliphatic heterocycles. The van der Waals surface area contributed by atoms with Crippen LogP contribution < -0.4 is 5.32 Å². The maximum Gasteiger partial charge on any atom is 0.222 e. The number of hydrogen-bond donors (Lipinski definition) is 1. The summed E-state index contributed by atoms with van der Waals surface area (Å²) in [5.74, 6) is 0.274. The summed E-state index contributed by atoms with van der Waals surface area (Å²) in [5, 5.41) is 4.65. The molecule has 2 aromatic rings. The lowest BCUT2D eigenvalue weighted by molar-refractivity contribution is -0.114. The predicted octanol–water partition coefficient (Wildman–Crippen LogP) is 2.90. The lowest BCUT2D eigenvalue weighted by atomic mass is 10.2. The van der Waals surface area contributed by atoms with Gasteiger partial charge >= 0.3 is 0 Å². The van der Waals surface area contributed by atoms with Crippen LogP contribution in [0.2, 0.25) is 10.3 Å². The van der Waals surface area contributed by atoms with Crippen LogP contribution in [-0.4, -0.2) is 15.9 Å². The summed E-state index contributed by atoms with van der Waals surface area (Å²) in [4.78, 5) is 18.8. The zero-order valence-electron chi connectivity index (χ0n) is 8.29. The van der Waals surface area contributed by atoms with Crippen molar-refractivity contribution in [1.82, 2.24) is 9.97 Å². The Morgan fingerprint density at radius 3 is 2.81 bits per heavy atom. The summed E-state index contributed by atoms with van der Waals surface area (Å²) in [6.45, 7) is 1.42. The fourth-order valence-electron chi connectivity index (χ4n) is 1.33. The number of nitrogens with one attached hydrogen (secondary N) is 1. The summed E-state index contributed by atoms with van der Waals surface area (Å²) in [5.41, 5.74) is 0. The lowest BCUT2D eigenvalue weighted by Crippen LogP contribution is -2.07. The molecule has 2 heterocycles. The minimum absolute atomic E-state index is 0.182.